The van der Waals surface area contributed by atoms with E-state index >= 15 is 0 Å². The lowest BCUT2D eigenvalue weighted by atomic mass is 10.2. The topological polar surface area (TPSA) is 76.4 Å². The van der Waals surface area contributed by atoms with E-state index in [2.05, 4.69) is 4.98 Å². The van der Waals surface area contributed by atoms with E-state index in [1.165, 1.54) is 18.2 Å². The maximum Gasteiger partial charge on any atom is 0.180 e. The predicted octanol–water partition coefficient (Wildman–Crippen LogP) is 3.13. The second kappa shape index (κ2) is 6.60. The monoisotopic (exact) mass is 344 g/mol. The first-order chi connectivity index (χ1) is 11.9. The van der Waals surface area contributed by atoms with Crippen molar-refractivity contribution in [2.75, 3.05) is 6.54 Å². The van der Waals surface area contributed by atoms with E-state index in [1.54, 1.807) is 17.4 Å². The van der Waals surface area contributed by atoms with Gasteiger partial charge in [0, 0.05) is 12.7 Å². The Balaban J connectivity index is 2.04. The number of hydrogen-bond acceptors (Lipinski definition) is 4. The van der Waals surface area contributed by atoms with Gasteiger partial charge in [0.05, 0.1) is 22.7 Å². The Morgan fingerprint density at radius 1 is 1.28 bits per heavy atom. The Hall–Kier alpha value is -2.80. The van der Waals surface area contributed by atoms with Crippen LogP contribution in [0.15, 0.2) is 30.5 Å². The van der Waals surface area contributed by atoms with Crippen molar-refractivity contribution in [1.29, 1.82) is 5.41 Å². The molecule has 0 saturated carbocycles. The van der Waals surface area contributed by atoms with Crippen molar-refractivity contribution in [1.82, 2.24) is 9.38 Å². The number of halogens is 2. The summed E-state index contributed by atoms with van der Waals surface area (Å²) >= 11 is 0. The van der Waals surface area contributed by atoms with Gasteiger partial charge in [-0.25, -0.2) is 13.8 Å². The standard InChI is InChI=1S/C18H18F2N4O/c1-10-6-16(25-9-12-13(19)4-3-5-14(12)20)18-23-11(2)17(15(22)7-21)24(18)8-10/h3-6,8,22H,7,9,21H2,1-2H3. The van der Waals surface area contributed by atoms with Crippen molar-refractivity contribution in [3.8, 4) is 5.75 Å². The van der Waals surface area contributed by atoms with Crippen molar-refractivity contribution >= 4 is 11.4 Å². The minimum atomic E-state index is -0.659. The molecule has 0 fully saturated rings. The number of nitrogens with zero attached hydrogens (tertiary/aromatic N) is 2. The van der Waals surface area contributed by atoms with Crippen molar-refractivity contribution in [3.05, 3.63) is 64.6 Å². The van der Waals surface area contributed by atoms with Gasteiger partial charge in [-0.2, -0.15) is 0 Å². The maximum atomic E-state index is 13.8. The molecule has 3 rings (SSSR count). The van der Waals surface area contributed by atoms with Crippen LogP contribution >= 0.6 is 0 Å². The summed E-state index contributed by atoms with van der Waals surface area (Å²) in [4.78, 5) is 4.43. The van der Waals surface area contributed by atoms with Crippen LogP contribution in [0.3, 0.4) is 0 Å². The van der Waals surface area contributed by atoms with E-state index in [1.807, 2.05) is 13.1 Å². The molecule has 0 spiro atoms. The van der Waals surface area contributed by atoms with Crippen LogP contribution in [0.2, 0.25) is 0 Å². The molecule has 0 amide bonds. The Labute approximate surface area is 143 Å². The smallest absolute Gasteiger partial charge is 0.180 e. The zero-order valence-electron chi connectivity index (χ0n) is 13.9. The average Bonchev–Trinajstić information content (AvgIpc) is 2.89. The van der Waals surface area contributed by atoms with E-state index in [-0.39, 0.29) is 24.4 Å². The first kappa shape index (κ1) is 17.0. The zero-order valence-corrected chi connectivity index (χ0v) is 13.9. The van der Waals surface area contributed by atoms with Gasteiger partial charge in [0.1, 0.15) is 18.2 Å². The van der Waals surface area contributed by atoms with Gasteiger partial charge in [0.2, 0.25) is 0 Å². The number of fused-ring (bicyclic) bond motifs is 1. The van der Waals surface area contributed by atoms with Crippen LogP contribution in [-0.2, 0) is 6.61 Å². The molecule has 7 heteroatoms. The largest absolute Gasteiger partial charge is 0.485 e. The molecule has 0 bridgehead atoms. The van der Waals surface area contributed by atoms with Gasteiger partial charge in [-0.15, -0.1) is 0 Å². The van der Waals surface area contributed by atoms with E-state index in [0.717, 1.165) is 5.56 Å². The summed E-state index contributed by atoms with van der Waals surface area (Å²) in [7, 11) is 0. The minimum Gasteiger partial charge on any atom is -0.485 e. The normalized spacial score (nSPS) is 11.1. The third kappa shape index (κ3) is 3.10. The molecule has 0 unspecified atom stereocenters. The lowest BCUT2D eigenvalue weighted by molar-refractivity contribution is 0.294. The molecule has 3 N–H and O–H groups in total. The number of nitrogens with two attached hydrogens (primary N) is 1. The maximum absolute atomic E-state index is 13.8. The lowest BCUT2D eigenvalue weighted by Gasteiger charge is -2.11. The first-order valence-electron chi connectivity index (χ1n) is 7.75. The van der Waals surface area contributed by atoms with Crippen molar-refractivity contribution in [2.24, 2.45) is 5.73 Å². The fourth-order valence-corrected chi connectivity index (χ4v) is 2.74. The zero-order chi connectivity index (χ0) is 18.1. The summed E-state index contributed by atoms with van der Waals surface area (Å²) in [5.74, 6) is -0.926. The van der Waals surface area contributed by atoms with Crippen molar-refractivity contribution < 1.29 is 13.5 Å². The van der Waals surface area contributed by atoms with Gasteiger partial charge >= 0.3 is 0 Å². The average molecular weight is 344 g/mol. The Morgan fingerprint density at radius 2 is 1.96 bits per heavy atom. The molecule has 1 aromatic carbocycles. The Kier molecular flexibility index (Phi) is 4.50. The van der Waals surface area contributed by atoms with Crippen LogP contribution < -0.4 is 10.5 Å². The third-order valence-electron chi connectivity index (χ3n) is 3.92. The molecule has 0 radical (unpaired) electrons. The summed E-state index contributed by atoms with van der Waals surface area (Å²) in [6.45, 7) is 3.47. The van der Waals surface area contributed by atoms with Crippen molar-refractivity contribution in [3.63, 3.8) is 0 Å². The molecule has 0 aliphatic carbocycles. The molecule has 0 aliphatic rings. The summed E-state index contributed by atoms with van der Waals surface area (Å²) in [5, 5.41) is 8.03. The number of pyridine rings is 1. The van der Waals surface area contributed by atoms with Gasteiger partial charge in [-0.3, -0.25) is 4.40 Å². The van der Waals surface area contributed by atoms with Gasteiger partial charge < -0.3 is 15.9 Å². The number of rotatable bonds is 5. The summed E-state index contributed by atoms with van der Waals surface area (Å²) in [6.07, 6.45) is 1.82. The van der Waals surface area contributed by atoms with Gasteiger partial charge in [0.25, 0.3) is 0 Å². The van der Waals surface area contributed by atoms with Crippen LogP contribution in [0, 0.1) is 30.9 Å². The van der Waals surface area contributed by atoms with E-state index in [4.69, 9.17) is 15.9 Å². The van der Waals surface area contributed by atoms with E-state index in [9.17, 15) is 8.78 Å². The SMILES string of the molecule is Cc1cc(OCc2c(F)cccc2F)c2nc(C)c(C(=N)CN)n2c1. The molecule has 3 aromatic rings. The molecule has 25 heavy (non-hydrogen) atoms. The number of aryl methyl sites for hydroxylation is 2. The molecule has 0 atom stereocenters. The molecule has 2 aromatic heterocycles. The molecule has 0 aliphatic heterocycles. The second-order valence-corrected chi connectivity index (χ2v) is 5.79. The highest BCUT2D eigenvalue weighted by atomic mass is 19.1. The van der Waals surface area contributed by atoms with Gasteiger partial charge in [-0.1, -0.05) is 6.07 Å². The molecule has 0 saturated heterocycles. The Bertz CT molecular complexity index is 945. The summed E-state index contributed by atoms with van der Waals surface area (Å²) < 4.78 is 35.0. The van der Waals surface area contributed by atoms with Crippen LogP contribution in [0.5, 0.6) is 5.75 Å². The number of aromatic nitrogens is 2. The quantitative estimate of drug-likeness (QED) is 0.698. The molecule has 2 heterocycles. The number of ether oxygens (including phenoxy) is 1. The Morgan fingerprint density at radius 3 is 2.60 bits per heavy atom. The first-order valence-corrected chi connectivity index (χ1v) is 7.75. The third-order valence-corrected chi connectivity index (χ3v) is 3.92. The molecule has 5 nitrogen and oxygen atoms in total. The van der Waals surface area contributed by atoms with E-state index < -0.39 is 11.6 Å². The lowest BCUT2D eigenvalue weighted by Crippen LogP contribution is -2.16. The van der Waals surface area contributed by atoms with Crippen molar-refractivity contribution in [2.45, 2.75) is 20.5 Å². The minimum absolute atomic E-state index is 0.0825. The second-order valence-electron chi connectivity index (χ2n) is 5.79. The summed E-state index contributed by atoms with van der Waals surface area (Å²) in [5.41, 5.74) is 8.28. The van der Waals surface area contributed by atoms with Crippen LogP contribution in [0.25, 0.3) is 5.65 Å². The number of imidazole rings is 1. The number of nitrogens with one attached hydrogen (secondary N) is 1. The highest BCUT2D eigenvalue weighted by Crippen LogP contribution is 2.26. The molecular formula is C18H18F2N4O. The number of benzene rings is 1. The van der Waals surface area contributed by atoms with Crippen LogP contribution in [0.1, 0.15) is 22.5 Å². The molecular weight excluding hydrogens is 326 g/mol. The fourth-order valence-electron chi connectivity index (χ4n) is 2.74. The van der Waals surface area contributed by atoms with Crippen LogP contribution in [0.4, 0.5) is 8.78 Å². The predicted molar refractivity (Wildman–Crippen MR) is 91.2 cm³/mol. The van der Waals surface area contributed by atoms with Gasteiger partial charge in [0.15, 0.2) is 11.4 Å². The highest BCUT2D eigenvalue weighted by molar-refractivity contribution is 6.00. The highest BCUT2D eigenvalue weighted by Gasteiger charge is 2.17. The molecule has 130 valence electrons. The van der Waals surface area contributed by atoms with Crippen LogP contribution in [-0.4, -0.2) is 21.6 Å². The van der Waals surface area contributed by atoms with Gasteiger partial charge in [-0.05, 0) is 37.6 Å². The fraction of sp³-hybridized carbons (Fsp3) is 0.222. The van der Waals surface area contributed by atoms with E-state index in [0.29, 0.717) is 22.8 Å². The summed E-state index contributed by atoms with van der Waals surface area (Å²) in [6, 6.07) is 5.43. The number of hydrogen-bond donors (Lipinski definition) is 2.